The van der Waals surface area contributed by atoms with Gasteiger partial charge in [0.05, 0.1) is 11.7 Å². The lowest BCUT2D eigenvalue weighted by molar-refractivity contribution is -0.122. The van der Waals surface area contributed by atoms with Gasteiger partial charge in [-0.2, -0.15) is 0 Å². The third-order valence-corrected chi connectivity index (χ3v) is 5.30. The molecule has 0 spiro atoms. The largest absolute Gasteiger partial charge is 0.361 e. The molecule has 1 aliphatic rings. The summed E-state index contributed by atoms with van der Waals surface area (Å²) in [6.45, 7) is 6.87. The predicted octanol–water partition coefficient (Wildman–Crippen LogP) is 3.41. The van der Waals surface area contributed by atoms with E-state index < -0.39 is 0 Å². The molecule has 0 unspecified atom stereocenters. The molecule has 0 saturated carbocycles. The molecule has 2 amide bonds. The first-order valence-electron chi connectivity index (χ1n) is 9.52. The van der Waals surface area contributed by atoms with Gasteiger partial charge in [0.1, 0.15) is 11.3 Å². The van der Waals surface area contributed by atoms with E-state index in [2.05, 4.69) is 10.5 Å². The number of hydrogen-bond acceptors (Lipinski definition) is 4. The summed E-state index contributed by atoms with van der Waals surface area (Å²) in [6.07, 6.45) is 2.18. The van der Waals surface area contributed by atoms with Crippen LogP contribution in [0.1, 0.15) is 59.6 Å². The second kappa shape index (κ2) is 8.37. The Morgan fingerprint density at radius 2 is 1.89 bits per heavy atom. The Morgan fingerprint density at radius 1 is 1.22 bits per heavy atom. The van der Waals surface area contributed by atoms with Gasteiger partial charge in [-0.1, -0.05) is 35.5 Å². The predicted molar refractivity (Wildman–Crippen MR) is 102 cm³/mol. The standard InChI is InChI=1S/C21H27N3O3/c1-14(18-7-5-4-6-8-18)22-19(25)13-17-9-11-24(12-10-17)21(26)20-15(2)23-27-16(20)3/h4-8,14,17H,9-13H2,1-3H3,(H,22,25)/t14-/m1/s1. The molecule has 0 radical (unpaired) electrons. The van der Waals surface area contributed by atoms with Crippen molar-refractivity contribution in [2.45, 2.75) is 46.1 Å². The van der Waals surface area contributed by atoms with Crippen LogP contribution >= 0.6 is 0 Å². The van der Waals surface area contributed by atoms with Crippen LogP contribution in [0.25, 0.3) is 0 Å². The zero-order valence-electron chi connectivity index (χ0n) is 16.2. The minimum atomic E-state index is -0.0214. The second-order valence-electron chi connectivity index (χ2n) is 7.34. The maximum atomic E-state index is 12.7. The molecule has 27 heavy (non-hydrogen) atoms. The first kappa shape index (κ1) is 19.1. The Bertz CT molecular complexity index is 773. The van der Waals surface area contributed by atoms with Gasteiger partial charge in [0, 0.05) is 19.5 Å². The quantitative estimate of drug-likeness (QED) is 0.876. The van der Waals surface area contributed by atoms with Crippen LogP contribution < -0.4 is 5.32 Å². The minimum absolute atomic E-state index is 0.0000850. The fourth-order valence-electron chi connectivity index (χ4n) is 3.67. The summed E-state index contributed by atoms with van der Waals surface area (Å²) >= 11 is 0. The number of rotatable bonds is 5. The number of carbonyl (C=O) groups is 2. The molecular weight excluding hydrogens is 342 g/mol. The summed E-state index contributed by atoms with van der Waals surface area (Å²) in [6, 6.07) is 9.95. The molecule has 1 atom stereocenters. The first-order valence-corrected chi connectivity index (χ1v) is 9.52. The van der Waals surface area contributed by atoms with Crippen molar-refractivity contribution >= 4 is 11.8 Å². The van der Waals surface area contributed by atoms with E-state index in [1.807, 2.05) is 42.2 Å². The lowest BCUT2D eigenvalue weighted by atomic mass is 9.92. The Hall–Kier alpha value is -2.63. The zero-order chi connectivity index (χ0) is 19.4. The molecule has 2 aromatic rings. The number of amides is 2. The number of aromatic nitrogens is 1. The smallest absolute Gasteiger partial charge is 0.259 e. The van der Waals surface area contributed by atoms with E-state index in [-0.39, 0.29) is 17.9 Å². The molecule has 1 aromatic heterocycles. The topological polar surface area (TPSA) is 75.4 Å². The SMILES string of the molecule is Cc1noc(C)c1C(=O)N1CCC(CC(=O)N[C@H](C)c2ccccc2)CC1. The average molecular weight is 369 g/mol. The van der Waals surface area contributed by atoms with Crippen LogP contribution in [0.2, 0.25) is 0 Å². The van der Waals surface area contributed by atoms with Crippen molar-refractivity contribution in [1.82, 2.24) is 15.4 Å². The van der Waals surface area contributed by atoms with Gasteiger partial charge in [-0.25, -0.2) is 0 Å². The highest BCUT2D eigenvalue weighted by molar-refractivity contribution is 5.96. The molecule has 1 saturated heterocycles. The van der Waals surface area contributed by atoms with E-state index in [1.54, 1.807) is 13.8 Å². The number of piperidine rings is 1. The number of nitrogens with one attached hydrogen (secondary N) is 1. The molecule has 1 aliphatic heterocycles. The van der Waals surface area contributed by atoms with Crippen molar-refractivity contribution in [3.05, 3.63) is 52.9 Å². The summed E-state index contributed by atoms with van der Waals surface area (Å²) in [5, 5.41) is 6.94. The summed E-state index contributed by atoms with van der Waals surface area (Å²) < 4.78 is 5.10. The lowest BCUT2D eigenvalue weighted by Gasteiger charge is -2.32. The van der Waals surface area contributed by atoms with Crippen LogP contribution in [0.5, 0.6) is 0 Å². The fourth-order valence-corrected chi connectivity index (χ4v) is 3.67. The fraction of sp³-hybridized carbons (Fsp3) is 0.476. The number of carbonyl (C=O) groups excluding carboxylic acids is 2. The number of benzene rings is 1. The molecule has 6 nitrogen and oxygen atoms in total. The molecule has 6 heteroatoms. The number of hydrogen-bond donors (Lipinski definition) is 1. The van der Waals surface area contributed by atoms with Crippen LogP contribution in [-0.2, 0) is 4.79 Å². The van der Waals surface area contributed by atoms with E-state index in [0.29, 0.717) is 42.4 Å². The van der Waals surface area contributed by atoms with Gasteiger partial charge >= 0.3 is 0 Å². The highest BCUT2D eigenvalue weighted by Gasteiger charge is 2.28. The molecule has 1 aromatic carbocycles. The van der Waals surface area contributed by atoms with Crippen molar-refractivity contribution in [2.24, 2.45) is 5.92 Å². The van der Waals surface area contributed by atoms with Crippen LogP contribution in [0, 0.1) is 19.8 Å². The van der Waals surface area contributed by atoms with Gasteiger partial charge < -0.3 is 14.7 Å². The van der Waals surface area contributed by atoms with Gasteiger partial charge in [-0.15, -0.1) is 0 Å². The van der Waals surface area contributed by atoms with Gasteiger partial charge in [0.15, 0.2) is 0 Å². The van der Waals surface area contributed by atoms with Gasteiger partial charge in [0.25, 0.3) is 5.91 Å². The van der Waals surface area contributed by atoms with E-state index in [0.717, 1.165) is 18.4 Å². The van der Waals surface area contributed by atoms with Crippen LogP contribution in [-0.4, -0.2) is 35.0 Å². The summed E-state index contributed by atoms with van der Waals surface area (Å²) in [5.74, 6) is 0.921. The van der Waals surface area contributed by atoms with Crippen LogP contribution in [0.3, 0.4) is 0 Å². The molecule has 0 aliphatic carbocycles. The minimum Gasteiger partial charge on any atom is -0.361 e. The molecule has 1 N–H and O–H groups in total. The van der Waals surface area contributed by atoms with Crippen molar-refractivity contribution < 1.29 is 14.1 Å². The van der Waals surface area contributed by atoms with Gasteiger partial charge in [0.2, 0.25) is 5.91 Å². The first-order chi connectivity index (χ1) is 13.0. The summed E-state index contributed by atoms with van der Waals surface area (Å²) in [7, 11) is 0. The molecular formula is C21H27N3O3. The maximum absolute atomic E-state index is 12.7. The molecule has 0 bridgehead atoms. The Morgan fingerprint density at radius 3 is 2.48 bits per heavy atom. The van der Waals surface area contributed by atoms with E-state index >= 15 is 0 Å². The second-order valence-corrected chi connectivity index (χ2v) is 7.34. The Kier molecular flexibility index (Phi) is 5.94. The zero-order valence-corrected chi connectivity index (χ0v) is 16.2. The third kappa shape index (κ3) is 4.56. The molecule has 144 valence electrons. The third-order valence-electron chi connectivity index (χ3n) is 5.30. The molecule has 2 heterocycles. The Labute approximate surface area is 159 Å². The number of nitrogens with zero attached hydrogens (tertiary/aromatic N) is 2. The lowest BCUT2D eigenvalue weighted by Crippen LogP contribution is -2.40. The van der Waals surface area contributed by atoms with Crippen molar-refractivity contribution in [3.63, 3.8) is 0 Å². The van der Waals surface area contributed by atoms with Crippen molar-refractivity contribution in [2.75, 3.05) is 13.1 Å². The monoisotopic (exact) mass is 369 g/mol. The summed E-state index contributed by atoms with van der Waals surface area (Å²) in [5.41, 5.74) is 2.31. The van der Waals surface area contributed by atoms with Gasteiger partial charge in [-0.3, -0.25) is 9.59 Å². The molecule has 1 fully saturated rings. The Balaban J connectivity index is 1.48. The van der Waals surface area contributed by atoms with Gasteiger partial charge in [-0.05, 0) is 45.1 Å². The normalized spacial score (nSPS) is 16.2. The number of aryl methyl sites for hydroxylation is 2. The van der Waals surface area contributed by atoms with E-state index in [1.165, 1.54) is 0 Å². The highest BCUT2D eigenvalue weighted by Crippen LogP contribution is 2.24. The highest BCUT2D eigenvalue weighted by atomic mass is 16.5. The van der Waals surface area contributed by atoms with Crippen LogP contribution in [0.15, 0.2) is 34.9 Å². The maximum Gasteiger partial charge on any atom is 0.259 e. The average Bonchev–Trinajstić information content (AvgIpc) is 3.00. The van der Waals surface area contributed by atoms with Crippen LogP contribution in [0.4, 0.5) is 0 Å². The summed E-state index contributed by atoms with van der Waals surface area (Å²) in [4.78, 5) is 26.9. The van der Waals surface area contributed by atoms with Crippen molar-refractivity contribution in [3.8, 4) is 0 Å². The molecule has 3 rings (SSSR count). The number of likely N-dealkylation sites (tertiary alicyclic amines) is 1. The van der Waals surface area contributed by atoms with E-state index in [4.69, 9.17) is 4.52 Å². The van der Waals surface area contributed by atoms with Crippen molar-refractivity contribution in [1.29, 1.82) is 0 Å². The van der Waals surface area contributed by atoms with E-state index in [9.17, 15) is 9.59 Å².